The summed E-state index contributed by atoms with van der Waals surface area (Å²) in [6, 6.07) is 87.3. The molecule has 0 heterocycles. The molecule has 0 saturated heterocycles. The van der Waals surface area contributed by atoms with Crippen LogP contribution in [-0.4, -0.2) is 0 Å². The average Bonchev–Trinajstić information content (AvgIpc) is 0.893. The van der Waals surface area contributed by atoms with Crippen LogP contribution in [0.1, 0.15) is 167 Å². The molecule has 0 aliphatic heterocycles. The Hall–Kier alpha value is -13.2. The van der Waals surface area contributed by atoms with Crippen molar-refractivity contribution in [2.45, 2.75) is 116 Å². The molecule has 19 rings (SSSR count). The Balaban J connectivity index is 1.04. The molecule has 0 bridgehead atoms. The van der Waals surface area contributed by atoms with Gasteiger partial charge in [0.2, 0.25) is 0 Å². The fraction of sp³-hybridized carbons (Fsp3) is 0.176. The van der Waals surface area contributed by atoms with Crippen molar-refractivity contribution in [1.82, 2.24) is 0 Å². The third-order valence-electron chi connectivity index (χ3n) is 26.0. The molecule has 0 spiro atoms. The zero-order chi connectivity index (χ0) is 74.9. The normalized spacial score (nSPS) is 15.6. The fourth-order valence-electron chi connectivity index (χ4n) is 20.2. The molecule has 0 fully saturated rings. The van der Waals surface area contributed by atoms with Gasteiger partial charge in [-0.2, -0.15) is 15.8 Å². The van der Waals surface area contributed by atoms with Gasteiger partial charge in [0, 0.05) is 32.5 Å². The van der Waals surface area contributed by atoms with E-state index in [0.29, 0.717) is 33.8 Å². The van der Waals surface area contributed by atoms with Crippen LogP contribution in [0.5, 0.6) is 0 Å². The molecule has 0 unspecified atom stereocenters. The molecule has 108 heavy (non-hydrogen) atoms. The SMILES string of the molecule is [C-]#[N+]c1ccc2c(c1)C(C)(C)c1cc(-c3c(-c4ccc5c(c4)C(C)(C)c4cc(C#N)ccc4-5)c(-c4ccc5c(c4)C(C)(C)c4cc(C#N)ccc4-5)c(-c4ccc5c(c4)C(C)(C)c4cc(C#N)ccc4-5)c(-c4ccc5c(c4)C(C)(C)c4cc([N+]#[C-])ccc4-5)c3-c3ccc4c(c3)C(C)(C)c3cc([N+]#[C-])ccc3-4)ccc1-2. The third-order valence-corrected chi connectivity index (χ3v) is 26.0. The van der Waals surface area contributed by atoms with Gasteiger partial charge >= 0.3 is 0 Å². The molecule has 6 aliphatic rings. The molecule has 0 amide bonds. The van der Waals surface area contributed by atoms with Gasteiger partial charge in [0.05, 0.1) is 54.6 Å². The molecule has 0 saturated carbocycles. The van der Waals surface area contributed by atoms with E-state index in [1.54, 1.807) is 0 Å². The second-order valence-corrected chi connectivity index (χ2v) is 33.7. The van der Waals surface area contributed by atoms with Gasteiger partial charge in [-0.15, -0.1) is 0 Å². The molecular formula is C102H72N6. The summed E-state index contributed by atoms with van der Waals surface area (Å²) in [5, 5.41) is 31.6. The summed E-state index contributed by atoms with van der Waals surface area (Å²) >= 11 is 0. The van der Waals surface area contributed by atoms with Crippen LogP contribution in [0.15, 0.2) is 218 Å². The van der Waals surface area contributed by atoms with Crippen LogP contribution >= 0.6 is 0 Å². The Morgan fingerprint density at radius 3 is 0.519 bits per heavy atom. The van der Waals surface area contributed by atoms with Crippen LogP contribution in [0, 0.1) is 53.7 Å². The molecule has 6 heteroatoms. The number of rotatable bonds is 6. The van der Waals surface area contributed by atoms with Crippen molar-refractivity contribution in [2.24, 2.45) is 0 Å². The number of hydrogen-bond donors (Lipinski definition) is 0. The van der Waals surface area contributed by atoms with E-state index in [2.05, 4.69) is 298 Å². The van der Waals surface area contributed by atoms with E-state index in [1.807, 2.05) is 36.4 Å². The maximum Gasteiger partial charge on any atom is 0.187 e. The van der Waals surface area contributed by atoms with Gasteiger partial charge in [-0.3, -0.25) is 0 Å². The highest BCUT2D eigenvalue weighted by molar-refractivity contribution is 6.17. The van der Waals surface area contributed by atoms with Gasteiger partial charge in [0.1, 0.15) is 0 Å². The molecule has 0 N–H and O–H groups in total. The highest BCUT2D eigenvalue weighted by Gasteiger charge is 2.45. The van der Waals surface area contributed by atoms with Crippen molar-refractivity contribution >= 4 is 17.1 Å². The van der Waals surface area contributed by atoms with E-state index in [1.165, 1.54) is 0 Å². The predicted molar refractivity (Wildman–Crippen MR) is 437 cm³/mol. The number of nitriles is 3. The molecule has 6 aliphatic carbocycles. The first-order valence-corrected chi connectivity index (χ1v) is 37.1. The van der Waals surface area contributed by atoms with Gasteiger partial charge in [0.15, 0.2) is 17.1 Å². The van der Waals surface area contributed by atoms with Crippen molar-refractivity contribution in [1.29, 1.82) is 15.8 Å². The summed E-state index contributed by atoms with van der Waals surface area (Å²) < 4.78 is 0. The van der Waals surface area contributed by atoms with Crippen molar-refractivity contribution in [3.8, 4) is 152 Å². The number of benzene rings is 13. The molecular weight excluding hydrogens is 1310 g/mol. The topological polar surface area (TPSA) is 84.4 Å². The monoisotopic (exact) mass is 1380 g/mol. The van der Waals surface area contributed by atoms with E-state index < -0.39 is 32.5 Å². The first-order valence-electron chi connectivity index (χ1n) is 37.1. The summed E-state index contributed by atoms with van der Waals surface area (Å²) in [6.07, 6.45) is 0. The zero-order valence-electron chi connectivity index (χ0n) is 62.5. The van der Waals surface area contributed by atoms with Crippen molar-refractivity contribution < 1.29 is 0 Å². The van der Waals surface area contributed by atoms with Crippen LogP contribution in [0.4, 0.5) is 17.1 Å². The summed E-state index contributed by atoms with van der Waals surface area (Å²) in [7, 11) is 0. The zero-order valence-corrected chi connectivity index (χ0v) is 62.5. The van der Waals surface area contributed by atoms with Gasteiger partial charge < -0.3 is 0 Å². The Bertz CT molecular complexity index is 5630. The molecule has 13 aromatic carbocycles. The van der Waals surface area contributed by atoms with E-state index in [-0.39, 0.29) is 0 Å². The Kier molecular flexibility index (Phi) is 13.5. The van der Waals surface area contributed by atoms with Gasteiger partial charge in [-0.05, 0) is 273 Å². The minimum atomic E-state index is -0.539. The van der Waals surface area contributed by atoms with E-state index >= 15 is 0 Å². The number of nitrogens with zero attached hydrogens (tertiary/aromatic N) is 6. The first kappa shape index (κ1) is 65.6. The standard InChI is InChI=1S/C102H72N6/c1-97(2)79-40-55(52-103)16-28-67(79)70-31-19-58(43-82(70)97)91-92(59-20-32-71-68-29-17-56(53-104)41-80(68)98(3,4)83(71)44-59)94(61-22-34-73-76-37-25-64(106-13)49-88(76)100(7,8)85(73)46-61)96(63-24-36-75-78-39-27-66(108-15)51-90(78)102(11,12)87(75)48-63)95(62-23-35-74-77-38-26-65(107-14)50-89(77)101(9,10)86(74)47-62)93(91)60-21-33-72-69-30-18-57(54-105)42-81(69)99(5,6)84(72)45-60/h16-51H,1-12H3. The minimum absolute atomic E-state index is 0.533. The summed E-state index contributed by atoms with van der Waals surface area (Å²) in [5.74, 6) is 0. The molecule has 0 atom stereocenters. The lowest BCUT2D eigenvalue weighted by molar-refractivity contribution is 0.660. The lowest BCUT2D eigenvalue weighted by Crippen LogP contribution is -2.16. The van der Waals surface area contributed by atoms with Crippen LogP contribution < -0.4 is 0 Å². The van der Waals surface area contributed by atoms with E-state index in [0.717, 1.165) is 200 Å². The quantitative estimate of drug-likeness (QED) is 0.156. The van der Waals surface area contributed by atoms with Crippen LogP contribution in [0.2, 0.25) is 0 Å². The van der Waals surface area contributed by atoms with Crippen molar-refractivity contribution in [2.75, 3.05) is 0 Å². The second kappa shape index (κ2) is 22.2. The Morgan fingerprint density at radius 1 is 0.204 bits per heavy atom. The molecule has 6 nitrogen and oxygen atoms in total. The Morgan fingerprint density at radius 2 is 0.352 bits per heavy atom. The summed E-state index contributed by atoms with van der Waals surface area (Å²) in [5.41, 5.74) is 39.8. The molecule has 0 radical (unpaired) electrons. The maximum absolute atomic E-state index is 10.5. The van der Waals surface area contributed by atoms with E-state index in [4.69, 9.17) is 19.7 Å². The number of fused-ring (bicyclic) bond motifs is 18. The van der Waals surface area contributed by atoms with Crippen LogP contribution in [-0.2, 0) is 32.5 Å². The van der Waals surface area contributed by atoms with Crippen LogP contribution in [0.25, 0.3) is 148 Å². The smallest absolute Gasteiger partial charge is 0.187 e. The first-order chi connectivity index (χ1) is 51.8. The molecule has 0 aromatic heterocycles. The molecule has 13 aromatic rings. The lowest BCUT2D eigenvalue weighted by atomic mass is 9.71. The largest absolute Gasteiger partial charge is 0.238 e. The predicted octanol–water partition coefficient (Wildman–Crippen LogP) is 26.8. The average molecular weight is 1380 g/mol. The fourth-order valence-corrected chi connectivity index (χ4v) is 20.2. The minimum Gasteiger partial charge on any atom is -0.238 e. The van der Waals surface area contributed by atoms with E-state index in [9.17, 15) is 15.8 Å². The van der Waals surface area contributed by atoms with Crippen molar-refractivity contribution in [3.05, 3.63) is 336 Å². The lowest BCUT2D eigenvalue weighted by Gasteiger charge is -2.32. The highest BCUT2D eigenvalue weighted by atomic mass is 14.7. The maximum atomic E-state index is 10.5. The number of hydrogen-bond acceptors (Lipinski definition) is 3. The highest BCUT2D eigenvalue weighted by Crippen LogP contribution is 2.64. The van der Waals surface area contributed by atoms with Crippen LogP contribution in [0.3, 0.4) is 0 Å². The van der Waals surface area contributed by atoms with Gasteiger partial charge in [-0.25, -0.2) is 14.5 Å². The second-order valence-electron chi connectivity index (χ2n) is 33.7. The summed E-state index contributed by atoms with van der Waals surface area (Å²) in [6.45, 7) is 52.4. The third kappa shape index (κ3) is 8.76. The van der Waals surface area contributed by atoms with Gasteiger partial charge in [-0.1, -0.05) is 229 Å². The summed E-state index contributed by atoms with van der Waals surface area (Å²) in [4.78, 5) is 12.0. The Labute approximate surface area is 632 Å². The van der Waals surface area contributed by atoms with Gasteiger partial charge in [0.25, 0.3) is 0 Å². The molecule has 510 valence electrons. The van der Waals surface area contributed by atoms with Crippen molar-refractivity contribution in [3.63, 3.8) is 0 Å².